The second-order valence-electron chi connectivity index (χ2n) is 4.74. The summed E-state index contributed by atoms with van der Waals surface area (Å²) in [5.74, 6) is -0.407. The molecule has 0 aliphatic heterocycles. The fraction of sp³-hybridized carbons (Fsp3) is 0.188. The third kappa shape index (κ3) is 5.54. The predicted molar refractivity (Wildman–Crippen MR) is 88.1 cm³/mol. The molecule has 116 valence electrons. The summed E-state index contributed by atoms with van der Waals surface area (Å²) >= 11 is 11.8. The van der Waals surface area contributed by atoms with Crippen molar-refractivity contribution >= 4 is 34.8 Å². The van der Waals surface area contributed by atoms with Gasteiger partial charge >= 0.3 is 0 Å². The first-order valence-electron chi connectivity index (χ1n) is 6.74. The van der Waals surface area contributed by atoms with Crippen LogP contribution in [0.3, 0.4) is 0 Å². The van der Waals surface area contributed by atoms with Gasteiger partial charge in [0, 0.05) is 22.3 Å². The number of halogens is 3. The Balaban J connectivity index is 1.72. The minimum atomic E-state index is -0.267. The summed E-state index contributed by atoms with van der Waals surface area (Å²) in [5, 5.41) is 6.75. The molecule has 6 heteroatoms. The zero-order valence-electron chi connectivity index (χ0n) is 11.7. The summed E-state index contributed by atoms with van der Waals surface area (Å²) < 4.78 is 12.8. The van der Waals surface area contributed by atoms with Crippen LogP contribution in [0.2, 0.25) is 10.0 Å². The molecule has 0 unspecified atom stereocenters. The minimum Gasteiger partial charge on any atom is -0.376 e. The van der Waals surface area contributed by atoms with Crippen LogP contribution >= 0.6 is 23.2 Å². The van der Waals surface area contributed by atoms with E-state index in [1.54, 1.807) is 30.3 Å². The monoisotopic (exact) mass is 340 g/mol. The van der Waals surface area contributed by atoms with Crippen LogP contribution in [0.15, 0.2) is 42.5 Å². The molecule has 2 N–H and O–H groups in total. The highest BCUT2D eigenvalue weighted by Crippen LogP contribution is 2.22. The highest BCUT2D eigenvalue weighted by molar-refractivity contribution is 6.35. The molecule has 2 aromatic carbocycles. The maximum atomic E-state index is 12.8. The highest BCUT2D eigenvalue weighted by atomic mass is 35.5. The van der Waals surface area contributed by atoms with Crippen molar-refractivity contribution in [1.82, 2.24) is 5.32 Å². The summed E-state index contributed by atoms with van der Waals surface area (Å²) in [7, 11) is 0. The van der Waals surface area contributed by atoms with Crippen molar-refractivity contribution < 1.29 is 9.18 Å². The molecule has 0 saturated heterocycles. The lowest BCUT2D eigenvalue weighted by atomic mass is 10.1. The number of nitrogens with one attached hydrogen (secondary N) is 2. The van der Waals surface area contributed by atoms with E-state index in [4.69, 9.17) is 23.2 Å². The van der Waals surface area contributed by atoms with E-state index in [0.29, 0.717) is 28.7 Å². The van der Waals surface area contributed by atoms with Crippen LogP contribution in [-0.2, 0) is 11.2 Å². The van der Waals surface area contributed by atoms with Crippen molar-refractivity contribution in [2.45, 2.75) is 6.42 Å². The van der Waals surface area contributed by atoms with E-state index in [0.717, 1.165) is 5.56 Å². The number of anilines is 1. The second-order valence-corrected chi connectivity index (χ2v) is 5.61. The molecular weight excluding hydrogens is 326 g/mol. The summed E-state index contributed by atoms with van der Waals surface area (Å²) in [5.41, 5.74) is 1.66. The molecule has 0 spiro atoms. The molecule has 2 aromatic rings. The first kappa shape index (κ1) is 16.6. The number of rotatable bonds is 6. The molecule has 0 aliphatic rings. The van der Waals surface area contributed by atoms with Crippen LogP contribution in [0.5, 0.6) is 0 Å². The molecule has 0 atom stereocenters. The molecule has 1 amide bonds. The van der Waals surface area contributed by atoms with Gasteiger partial charge in [0.1, 0.15) is 5.82 Å². The van der Waals surface area contributed by atoms with E-state index in [-0.39, 0.29) is 18.3 Å². The van der Waals surface area contributed by atoms with Gasteiger partial charge in [-0.1, -0.05) is 35.3 Å². The van der Waals surface area contributed by atoms with Gasteiger partial charge in [-0.2, -0.15) is 0 Å². The van der Waals surface area contributed by atoms with Crippen LogP contribution in [0.25, 0.3) is 0 Å². The van der Waals surface area contributed by atoms with Crippen LogP contribution in [0.4, 0.5) is 10.1 Å². The van der Waals surface area contributed by atoms with E-state index < -0.39 is 0 Å². The van der Waals surface area contributed by atoms with Crippen LogP contribution in [0, 0.1) is 5.82 Å². The Morgan fingerprint density at radius 1 is 1.05 bits per heavy atom. The van der Waals surface area contributed by atoms with Gasteiger partial charge in [0.05, 0.1) is 6.54 Å². The Bertz CT molecular complexity index is 627. The van der Waals surface area contributed by atoms with Gasteiger partial charge in [0.2, 0.25) is 5.91 Å². The Morgan fingerprint density at radius 3 is 2.32 bits per heavy atom. The second kappa shape index (κ2) is 8.01. The maximum absolute atomic E-state index is 12.8. The Morgan fingerprint density at radius 2 is 1.68 bits per heavy atom. The molecule has 0 fully saturated rings. The summed E-state index contributed by atoms with van der Waals surface area (Å²) in [6, 6.07) is 11.2. The van der Waals surface area contributed by atoms with E-state index >= 15 is 0 Å². The van der Waals surface area contributed by atoms with Crippen molar-refractivity contribution in [2.75, 3.05) is 18.4 Å². The van der Waals surface area contributed by atoms with Gasteiger partial charge in [0.15, 0.2) is 0 Å². The average molecular weight is 341 g/mol. The largest absolute Gasteiger partial charge is 0.376 e. The van der Waals surface area contributed by atoms with Gasteiger partial charge in [0.25, 0.3) is 0 Å². The lowest BCUT2D eigenvalue weighted by Gasteiger charge is -2.08. The number of hydrogen-bond donors (Lipinski definition) is 2. The Hall–Kier alpha value is -1.78. The minimum absolute atomic E-state index is 0.125. The molecule has 0 aromatic heterocycles. The van der Waals surface area contributed by atoms with Crippen molar-refractivity contribution in [3.63, 3.8) is 0 Å². The first-order chi connectivity index (χ1) is 10.5. The van der Waals surface area contributed by atoms with Crippen LogP contribution in [-0.4, -0.2) is 19.0 Å². The summed E-state index contributed by atoms with van der Waals surface area (Å²) in [4.78, 5) is 11.7. The molecule has 3 nitrogen and oxygen atoms in total. The van der Waals surface area contributed by atoms with Crippen molar-refractivity contribution in [1.29, 1.82) is 0 Å². The molecule has 0 aliphatic carbocycles. The van der Waals surface area contributed by atoms with Crippen molar-refractivity contribution in [3.05, 3.63) is 63.9 Å². The summed E-state index contributed by atoms with van der Waals surface area (Å²) in [6.45, 7) is 0.614. The number of carbonyl (C=O) groups excluding carboxylic acids is 1. The Labute approximate surface area is 138 Å². The fourth-order valence-electron chi connectivity index (χ4n) is 1.90. The fourth-order valence-corrected chi connectivity index (χ4v) is 2.42. The number of carbonyl (C=O) groups is 1. The Kier molecular flexibility index (Phi) is 6.04. The van der Waals surface area contributed by atoms with Crippen molar-refractivity contribution in [3.8, 4) is 0 Å². The number of benzene rings is 2. The lowest BCUT2D eigenvalue weighted by molar-refractivity contribution is -0.119. The van der Waals surface area contributed by atoms with E-state index in [1.807, 2.05) is 0 Å². The maximum Gasteiger partial charge on any atom is 0.239 e. The van der Waals surface area contributed by atoms with Gasteiger partial charge in [-0.15, -0.1) is 0 Å². The molecular formula is C16H15Cl2FN2O. The topological polar surface area (TPSA) is 41.1 Å². The molecule has 0 saturated carbocycles. The quantitative estimate of drug-likeness (QED) is 0.837. The van der Waals surface area contributed by atoms with Gasteiger partial charge in [-0.3, -0.25) is 4.79 Å². The molecule has 0 heterocycles. The lowest BCUT2D eigenvalue weighted by Crippen LogP contribution is -2.31. The third-order valence-corrected chi connectivity index (χ3v) is 3.40. The van der Waals surface area contributed by atoms with Crippen LogP contribution in [0.1, 0.15) is 5.56 Å². The molecule has 2 rings (SSSR count). The standard InChI is InChI=1S/C16H15Cl2FN2O/c17-12-7-13(18)9-15(8-12)21-10-16(22)20-6-5-11-1-3-14(19)4-2-11/h1-4,7-9,21H,5-6,10H2,(H,20,22). The van der Waals surface area contributed by atoms with E-state index in [2.05, 4.69) is 10.6 Å². The summed E-state index contributed by atoms with van der Waals surface area (Å²) in [6.07, 6.45) is 0.648. The van der Waals surface area contributed by atoms with Crippen LogP contribution < -0.4 is 10.6 Å². The normalized spacial score (nSPS) is 10.3. The van der Waals surface area contributed by atoms with Gasteiger partial charge < -0.3 is 10.6 Å². The molecule has 0 bridgehead atoms. The zero-order valence-corrected chi connectivity index (χ0v) is 13.2. The third-order valence-electron chi connectivity index (χ3n) is 2.96. The first-order valence-corrected chi connectivity index (χ1v) is 7.49. The van der Waals surface area contributed by atoms with E-state index in [1.165, 1.54) is 12.1 Å². The number of amides is 1. The predicted octanol–water partition coefficient (Wildman–Crippen LogP) is 3.90. The molecule has 22 heavy (non-hydrogen) atoms. The van der Waals surface area contributed by atoms with E-state index in [9.17, 15) is 9.18 Å². The zero-order chi connectivity index (χ0) is 15.9. The van der Waals surface area contributed by atoms with Gasteiger partial charge in [-0.05, 0) is 42.3 Å². The highest BCUT2D eigenvalue weighted by Gasteiger charge is 2.03. The number of hydrogen-bond acceptors (Lipinski definition) is 2. The smallest absolute Gasteiger partial charge is 0.239 e. The van der Waals surface area contributed by atoms with Crippen molar-refractivity contribution in [2.24, 2.45) is 0 Å². The average Bonchev–Trinajstić information content (AvgIpc) is 2.46. The SMILES string of the molecule is O=C(CNc1cc(Cl)cc(Cl)c1)NCCc1ccc(F)cc1. The van der Waals surface area contributed by atoms with Gasteiger partial charge in [-0.25, -0.2) is 4.39 Å². The molecule has 0 radical (unpaired) electrons.